The summed E-state index contributed by atoms with van der Waals surface area (Å²) in [5, 5.41) is 18.8. The molecule has 0 bridgehead atoms. The molecule has 0 aliphatic carbocycles. The van der Waals surface area contributed by atoms with Gasteiger partial charge in [-0.25, -0.2) is 0 Å². The molecule has 2 N–H and O–H groups in total. The number of carbonyl (C=O) groups excluding carboxylic acids is 1. The van der Waals surface area contributed by atoms with Crippen molar-refractivity contribution >= 4 is 40.1 Å². The first kappa shape index (κ1) is 13.9. The van der Waals surface area contributed by atoms with Crippen molar-refractivity contribution in [2.75, 3.05) is 24.3 Å². The molecule has 1 rings (SSSR count). The van der Waals surface area contributed by atoms with Gasteiger partial charge in [0.25, 0.3) is 5.91 Å². The Morgan fingerprint density at radius 2 is 2.29 bits per heavy atom. The average molecular weight is 277 g/mol. The summed E-state index contributed by atoms with van der Waals surface area (Å²) in [6.07, 6.45) is 0. The van der Waals surface area contributed by atoms with Crippen LogP contribution in [0.1, 0.15) is 6.92 Å². The Balaban J connectivity index is 2.39. The van der Waals surface area contributed by atoms with Gasteiger partial charge in [-0.2, -0.15) is 0 Å². The van der Waals surface area contributed by atoms with E-state index in [1.54, 1.807) is 6.92 Å². The van der Waals surface area contributed by atoms with Crippen molar-refractivity contribution in [3.8, 4) is 0 Å². The average Bonchev–Trinajstić information content (AvgIpc) is 2.71. The van der Waals surface area contributed by atoms with E-state index in [1.807, 2.05) is 0 Å². The zero-order valence-corrected chi connectivity index (χ0v) is 10.6. The van der Waals surface area contributed by atoms with E-state index in [9.17, 15) is 9.59 Å². The maximum atomic E-state index is 11.2. The molecule has 0 aromatic carbocycles. The van der Waals surface area contributed by atoms with E-state index in [1.165, 1.54) is 0 Å². The number of rotatable bonds is 7. The largest absolute Gasteiger partial charge is 0.481 e. The summed E-state index contributed by atoms with van der Waals surface area (Å²) >= 11 is 2.18. The number of carboxylic acid groups (broad SMARTS) is 1. The number of ether oxygens (including phenoxy) is 1. The van der Waals surface area contributed by atoms with Crippen molar-refractivity contribution in [2.45, 2.75) is 11.3 Å². The van der Waals surface area contributed by atoms with E-state index in [2.05, 4.69) is 15.5 Å². The van der Waals surface area contributed by atoms with E-state index < -0.39 is 5.97 Å². The van der Waals surface area contributed by atoms with Gasteiger partial charge in [0, 0.05) is 6.61 Å². The van der Waals surface area contributed by atoms with Gasteiger partial charge in [-0.05, 0) is 6.92 Å². The third-order valence-corrected chi connectivity index (χ3v) is 3.37. The summed E-state index contributed by atoms with van der Waals surface area (Å²) in [4.78, 5) is 21.6. The molecular weight excluding hydrogens is 266 g/mol. The topological polar surface area (TPSA) is 101 Å². The number of carbonyl (C=O) groups is 2. The second kappa shape index (κ2) is 7.20. The van der Waals surface area contributed by atoms with Gasteiger partial charge >= 0.3 is 5.97 Å². The van der Waals surface area contributed by atoms with Gasteiger partial charge in [0.05, 0.1) is 5.75 Å². The molecule has 0 spiro atoms. The van der Waals surface area contributed by atoms with E-state index in [0.29, 0.717) is 16.1 Å². The Hall–Kier alpha value is -1.19. The summed E-state index contributed by atoms with van der Waals surface area (Å²) in [7, 11) is 0. The third-order valence-electron chi connectivity index (χ3n) is 1.41. The summed E-state index contributed by atoms with van der Waals surface area (Å²) in [5.41, 5.74) is 0. The molecule has 94 valence electrons. The molecule has 0 saturated heterocycles. The predicted octanol–water partition coefficient (Wildman–Crippen LogP) is 0.690. The number of anilines is 1. The fraction of sp³-hybridized carbons (Fsp3) is 0.500. The molecule has 0 aliphatic heterocycles. The minimum absolute atomic E-state index is 0.0340. The standard InChI is InChI=1S/C8H11N3O4S2/c1-2-15-3-5(12)9-7-10-11-8(17-7)16-4-6(13)14/h2-4H2,1H3,(H,13,14)(H,9,10,12). The summed E-state index contributed by atoms with van der Waals surface area (Å²) in [5.74, 6) is -1.31. The summed E-state index contributed by atoms with van der Waals surface area (Å²) in [6, 6.07) is 0. The molecule has 0 fully saturated rings. The van der Waals surface area contributed by atoms with Crippen LogP contribution in [0.15, 0.2) is 4.34 Å². The second-order valence-corrected chi connectivity index (χ2v) is 4.94. The molecule has 1 amide bonds. The highest BCUT2D eigenvalue weighted by Crippen LogP contribution is 2.24. The van der Waals surface area contributed by atoms with Gasteiger partial charge in [0.1, 0.15) is 6.61 Å². The Morgan fingerprint density at radius 3 is 2.94 bits per heavy atom. The number of carboxylic acids is 1. The minimum Gasteiger partial charge on any atom is -0.481 e. The molecule has 0 unspecified atom stereocenters. The van der Waals surface area contributed by atoms with Crippen LogP contribution in [-0.4, -0.2) is 46.1 Å². The lowest BCUT2D eigenvalue weighted by Crippen LogP contribution is -2.17. The Labute approximate surface area is 106 Å². The smallest absolute Gasteiger partial charge is 0.313 e. The lowest BCUT2D eigenvalue weighted by molar-refractivity contribution is -0.133. The molecule has 1 heterocycles. The fourth-order valence-corrected chi connectivity index (χ4v) is 2.28. The number of hydrogen-bond acceptors (Lipinski definition) is 7. The molecule has 1 aromatic heterocycles. The van der Waals surface area contributed by atoms with E-state index in [-0.39, 0.29) is 18.3 Å². The Morgan fingerprint density at radius 1 is 1.53 bits per heavy atom. The summed E-state index contributed by atoms with van der Waals surface area (Å²) < 4.78 is 5.41. The number of hydrogen-bond donors (Lipinski definition) is 2. The molecular formula is C8H11N3O4S2. The van der Waals surface area contributed by atoms with Gasteiger partial charge in [-0.1, -0.05) is 23.1 Å². The van der Waals surface area contributed by atoms with Crippen molar-refractivity contribution in [2.24, 2.45) is 0 Å². The number of nitrogens with one attached hydrogen (secondary N) is 1. The fourth-order valence-electron chi connectivity index (χ4n) is 0.792. The number of nitrogens with zero attached hydrogens (tertiary/aromatic N) is 2. The first-order chi connectivity index (χ1) is 8.11. The van der Waals surface area contributed by atoms with Crippen LogP contribution >= 0.6 is 23.1 Å². The third kappa shape index (κ3) is 5.61. The molecule has 0 atom stereocenters. The maximum absolute atomic E-state index is 11.2. The van der Waals surface area contributed by atoms with Crippen molar-refractivity contribution in [1.82, 2.24) is 10.2 Å². The van der Waals surface area contributed by atoms with Crippen LogP contribution < -0.4 is 5.32 Å². The van der Waals surface area contributed by atoms with Gasteiger partial charge in [0.15, 0.2) is 4.34 Å². The zero-order chi connectivity index (χ0) is 12.7. The van der Waals surface area contributed by atoms with Gasteiger partial charge in [-0.15, -0.1) is 10.2 Å². The van der Waals surface area contributed by atoms with Gasteiger partial charge < -0.3 is 9.84 Å². The minimum atomic E-state index is -0.924. The zero-order valence-electron chi connectivity index (χ0n) is 9.00. The molecule has 7 nitrogen and oxygen atoms in total. The lowest BCUT2D eigenvalue weighted by Gasteiger charge is -1.99. The number of thioether (sulfide) groups is 1. The van der Waals surface area contributed by atoms with E-state index >= 15 is 0 Å². The van der Waals surface area contributed by atoms with Crippen molar-refractivity contribution in [1.29, 1.82) is 0 Å². The van der Waals surface area contributed by atoms with Crippen molar-refractivity contribution in [3.05, 3.63) is 0 Å². The Kier molecular flexibility index (Phi) is 5.87. The van der Waals surface area contributed by atoms with E-state index in [0.717, 1.165) is 23.1 Å². The molecule has 0 saturated carbocycles. The number of aliphatic carboxylic acids is 1. The van der Waals surface area contributed by atoms with Crippen molar-refractivity contribution < 1.29 is 19.4 Å². The normalized spacial score (nSPS) is 10.2. The first-order valence-electron chi connectivity index (χ1n) is 4.67. The van der Waals surface area contributed by atoms with Crippen LogP contribution in [0.4, 0.5) is 5.13 Å². The highest BCUT2D eigenvalue weighted by molar-refractivity contribution is 8.01. The van der Waals surface area contributed by atoms with Crippen molar-refractivity contribution in [3.63, 3.8) is 0 Å². The molecule has 17 heavy (non-hydrogen) atoms. The lowest BCUT2D eigenvalue weighted by atomic mass is 10.6. The van der Waals surface area contributed by atoms with Crippen LogP contribution in [0, 0.1) is 0 Å². The van der Waals surface area contributed by atoms with Crippen LogP contribution in [-0.2, 0) is 14.3 Å². The quantitative estimate of drug-likeness (QED) is 0.558. The monoisotopic (exact) mass is 277 g/mol. The number of amides is 1. The first-order valence-corrected chi connectivity index (χ1v) is 6.47. The molecule has 0 radical (unpaired) electrons. The van der Waals surface area contributed by atoms with Gasteiger partial charge in [-0.3, -0.25) is 14.9 Å². The highest BCUT2D eigenvalue weighted by Gasteiger charge is 2.09. The molecule has 9 heteroatoms. The SMILES string of the molecule is CCOCC(=O)Nc1nnc(SCC(=O)O)s1. The van der Waals surface area contributed by atoms with Crippen LogP contribution in [0.2, 0.25) is 0 Å². The second-order valence-electron chi connectivity index (χ2n) is 2.74. The maximum Gasteiger partial charge on any atom is 0.313 e. The molecule has 1 aromatic rings. The van der Waals surface area contributed by atoms with Crippen LogP contribution in [0.5, 0.6) is 0 Å². The highest BCUT2D eigenvalue weighted by atomic mass is 32.2. The number of aromatic nitrogens is 2. The predicted molar refractivity (Wildman–Crippen MR) is 63.4 cm³/mol. The summed E-state index contributed by atoms with van der Waals surface area (Å²) in [6.45, 7) is 2.22. The van der Waals surface area contributed by atoms with Crippen LogP contribution in [0.25, 0.3) is 0 Å². The van der Waals surface area contributed by atoms with Gasteiger partial charge in [0.2, 0.25) is 5.13 Å². The van der Waals surface area contributed by atoms with Crippen LogP contribution in [0.3, 0.4) is 0 Å². The van der Waals surface area contributed by atoms with E-state index in [4.69, 9.17) is 9.84 Å². The molecule has 0 aliphatic rings. The Bertz CT molecular complexity index is 396.